The molecule has 0 atom stereocenters. The number of rotatable bonds is 6. The van der Waals surface area contributed by atoms with E-state index in [2.05, 4.69) is 20.9 Å². The van der Waals surface area contributed by atoms with Gasteiger partial charge in [-0.25, -0.2) is 14.2 Å². The number of esters is 1. The van der Waals surface area contributed by atoms with Crippen LogP contribution in [-0.4, -0.2) is 19.0 Å². The monoisotopic (exact) mass is 515 g/mol. The number of nitrogens with zero attached hydrogens (tertiary/aromatic N) is 1. The molecule has 0 unspecified atom stereocenters. The van der Waals surface area contributed by atoms with Gasteiger partial charge in [-0.1, -0.05) is 45.7 Å². The first kappa shape index (κ1) is 22.0. The van der Waals surface area contributed by atoms with Crippen LogP contribution in [0.4, 0.5) is 4.39 Å². The molecule has 0 radical (unpaired) electrons. The van der Waals surface area contributed by atoms with Gasteiger partial charge >= 0.3 is 5.97 Å². The van der Waals surface area contributed by atoms with E-state index < -0.39 is 11.8 Å². The molecule has 4 rings (SSSR count). The summed E-state index contributed by atoms with van der Waals surface area (Å²) in [6.07, 6.45) is 1.51. The van der Waals surface area contributed by atoms with Gasteiger partial charge in [0.15, 0.2) is 17.2 Å². The molecule has 0 N–H and O–H groups in total. The van der Waals surface area contributed by atoms with E-state index >= 15 is 0 Å². The van der Waals surface area contributed by atoms with Crippen LogP contribution in [0.1, 0.15) is 16.7 Å². The molecule has 8 heteroatoms. The number of hydrogen-bond donors (Lipinski definition) is 0. The fourth-order valence-electron chi connectivity index (χ4n) is 3.06. The van der Waals surface area contributed by atoms with Crippen molar-refractivity contribution in [1.82, 2.24) is 0 Å². The van der Waals surface area contributed by atoms with E-state index in [4.69, 9.17) is 25.8 Å². The van der Waals surface area contributed by atoms with E-state index in [0.29, 0.717) is 34.3 Å². The topological polar surface area (TPSA) is 57.1 Å². The van der Waals surface area contributed by atoms with Crippen LogP contribution in [0.3, 0.4) is 0 Å². The second-order valence-corrected chi connectivity index (χ2v) is 8.12. The maximum atomic E-state index is 13.5. The van der Waals surface area contributed by atoms with Crippen molar-refractivity contribution in [3.63, 3.8) is 0 Å². The summed E-state index contributed by atoms with van der Waals surface area (Å²) in [5.41, 5.74) is 1.95. The molecular formula is C24H16BrClFNO4. The average molecular weight is 517 g/mol. The highest BCUT2D eigenvalue weighted by Gasteiger charge is 2.25. The number of hydrogen-bond acceptors (Lipinski definition) is 5. The molecule has 5 nitrogen and oxygen atoms in total. The minimum atomic E-state index is -0.644. The van der Waals surface area contributed by atoms with Gasteiger partial charge in [0.2, 0.25) is 5.90 Å². The molecule has 0 amide bonds. The Morgan fingerprint density at radius 2 is 1.97 bits per heavy atom. The summed E-state index contributed by atoms with van der Waals surface area (Å²) in [7, 11) is 1.50. The Hall–Kier alpha value is -3.16. The van der Waals surface area contributed by atoms with E-state index in [0.717, 1.165) is 10.0 Å². The Morgan fingerprint density at radius 1 is 1.16 bits per heavy atom. The first-order chi connectivity index (χ1) is 15.4. The molecular weight excluding hydrogens is 501 g/mol. The quantitative estimate of drug-likeness (QED) is 0.290. The predicted octanol–water partition coefficient (Wildman–Crippen LogP) is 6.17. The van der Waals surface area contributed by atoms with Crippen LogP contribution in [0.15, 0.2) is 75.8 Å². The van der Waals surface area contributed by atoms with E-state index in [1.165, 1.54) is 31.4 Å². The standard InChI is InChI=1S/C24H16BrClFNO4/c1-30-21-11-15(9-19(26)22(21)31-13-14-4-2-6-17(25)8-14)10-20-24(29)32-23(28-20)16-5-3-7-18(27)12-16/h2-12H,13H2,1H3/b20-10-. The molecule has 0 saturated heterocycles. The predicted molar refractivity (Wildman–Crippen MR) is 123 cm³/mol. The number of benzene rings is 3. The van der Waals surface area contributed by atoms with Gasteiger partial charge in [-0.15, -0.1) is 0 Å². The highest BCUT2D eigenvalue weighted by atomic mass is 79.9. The smallest absolute Gasteiger partial charge is 0.363 e. The Labute approximate surface area is 197 Å². The van der Waals surface area contributed by atoms with Crippen molar-refractivity contribution in [2.75, 3.05) is 7.11 Å². The first-order valence-corrected chi connectivity index (χ1v) is 10.6. The van der Waals surface area contributed by atoms with Gasteiger partial charge in [-0.3, -0.25) is 0 Å². The van der Waals surface area contributed by atoms with Crippen molar-refractivity contribution in [2.45, 2.75) is 6.61 Å². The van der Waals surface area contributed by atoms with Crippen LogP contribution in [0.2, 0.25) is 5.02 Å². The lowest BCUT2D eigenvalue weighted by molar-refractivity contribution is -0.129. The SMILES string of the molecule is COc1cc(/C=C2\N=C(c3cccc(F)c3)OC2=O)cc(Cl)c1OCc1cccc(Br)c1. The average Bonchev–Trinajstić information content (AvgIpc) is 3.13. The van der Waals surface area contributed by atoms with Crippen molar-refractivity contribution in [3.05, 3.63) is 98.4 Å². The number of cyclic esters (lactones) is 1. The molecule has 162 valence electrons. The number of halogens is 3. The molecule has 1 aliphatic heterocycles. The molecule has 3 aromatic carbocycles. The molecule has 0 fully saturated rings. The summed E-state index contributed by atoms with van der Waals surface area (Å²) in [6, 6.07) is 16.7. The molecule has 32 heavy (non-hydrogen) atoms. The van der Waals surface area contributed by atoms with Crippen molar-refractivity contribution in [3.8, 4) is 11.5 Å². The minimum Gasteiger partial charge on any atom is -0.493 e. The van der Waals surface area contributed by atoms with Crippen molar-refractivity contribution in [1.29, 1.82) is 0 Å². The highest BCUT2D eigenvalue weighted by Crippen LogP contribution is 2.38. The maximum Gasteiger partial charge on any atom is 0.363 e. The Kier molecular flexibility index (Phi) is 6.58. The maximum absolute atomic E-state index is 13.5. The number of ether oxygens (including phenoxy) is 3. The normalized spacial score (nSPS) is 14.3. The Bertz CT molecular complexity index is 1260. The third kappa shape index (κ3) is 5.00. The summed E-state index contributed by atoms with van der Waals surface area (Å²) < 4.78 is 30.9. The lowest BCUT2D eigenvalue weighted by atomic mass is 10.1. The molecule has 0 spiro atoms. The summed E-state index contributed by atoms with van der Waals surface area (Å²) in [5.74, 6) is -0.273. The lowest BCUT2D eigenvalue weighted by Crippen LogP contribution is -2.05. The van der Waals surface area contributed by atoms with Gasteiger partial charge in [0, 0.05) is 10.0 Å². The summed E-state index contributed by atoms with van der Waals surface area (Å²) in [5, 5.41) is 0.312. The third-order valence-corrected chi connectivity index (χ3v) is 5.29. The second kappa shape index (κ2) is 9.54. The van der Waals surface area contributed by atoms with E-state index in [-0.39, 0.29) is 11.6 Å². The first-order valence-electron chi connectivity index (χ1n) is 9.46. The van der Waals surface area contributed by atoms with Crippen LogP contribution in [-0.2, 0) is 16.1 Å². The summed E-state index contributed by atoms with van der Waals surface area (Å²) in [4.78, 5) is 16.4. The Morgan fingerprint density at radius 3 is 2.72 bits per heavy atom. The van der Waals surface area contributed by atoms with Crippen LogP contribution in [0, 0.1) is 5.82 Å². The molecule has 0 aliphatic carbocycles. The van der Waals surface area contributed by atoms with E-state index in [1.807, 2.05) is 24.3 Å². The van der Waals surface area contributed by atoms with Gasteiger partial charge in [0.25, 0.3) is 0 Å². The number of aliphatic imine (C=N–C) groups is 1. The van der Waals surface area contributed by atoms with Crippen LogP contribution >= 0.6 is 27.5 Å². The van der Waals surface area contributed by atoms with Gasteiger partial charge < -0.3 is 14.2 Å². The van der Waals surface area contributed by atoms with Crippen LogP contribution < -0.4 is 9.47 Å². The molecule has 0 saturated carbocycles. The zero-order valence-corrected chi connectivity index (χ0v) is 19.1. The zero-order chi connectivity index (χ0) is 22.7. The second-order valence-electron chi connectivity index (χ2n) is 6.80. The molecule has 1 aliphatic rings. The summed E-state index contributed by atoms with van der Waals surface area (Å²) >= 11 is 9.87. The number of carbonyl (C=O) groups is 1. The fraction of sp³-hybridized carbons (Fsp3) is 0.0833. The van der Waals surface area contributed by atoms with Gasteiger partial charge in [0.1, 0.15) is 12.4 Å². The van der Waals surface area contributed by atoms with Gasteiger partial charge in [0.05, 0.1) is 12.1 Å². The third-order valence-electron chi connectivity index (χ3n) is 4.52. The van der Waals surface area contributed by atoms with Crippen molar-refractivity contribution < 1.29 is 23.4 Å². The van der Waals surface area contributed by atoms with Crippen LogP contribution in [0.5, 0.6) is 11.5 Å². The Balaban J connectivity index is 1.59. The van der Waals surface area contributed by atoms with Crippen LogP contribution in [0.25, 0.3) is 6.08 Å². The van der Waals surface area contributed by atoms with Crippen molar-refractivity contribution in [2.24, 2.45) is 4.99 Å². The van der Waals surface area contributed by atoms with Crippen molar-refractivity contribution >= 4 is 45.5 Å². The highest BCUT2D eigenvalue weighted by molar-refractivity contribution is 9.10. The lowest BCUT2D eigenvalue weighted by Gasteiger charge is -2.13. The number of carbonyl (C=O) groups excluding carboxylic acids is 1. The van der Waals surface area contributed by atoms with E-state index in [9.17, 15) is 9.18 Å². The largest absolute Gasteiger partial charge is 0.493 e. The zero-order valence-electron chi connectivity index (χ0n) is 16.8. The minimum absolute atomic E-state index is 0.0350. The van der Waals surface area contributed by atoms with Gasteiger partial charge in [-0.2, -0.15) is 0 Å². The fourth-order valence-corrected chi connectivity index (χ4v) is 3.78. The summed E-state index contributed by atoms with van der Waals surface area (Å²) in [6.45, 7) is 0.295. The van der Waals surface area contributed by atoms with E-state index in [1.54, 1.807) is 18.2 Å². The molecule has 0 bridgehead atoms. The molecule has 1 heterocycles. The molecule has 3 aromatic rings. The van der Waals surface area contributed by atoms with Gasteiger partial charge in [-0.05, 0) is 59.7 Å². The number of methoxy groups -OCH3 is 1. The molecule has 0 aromatic heterocycles.